The number of aromatic nitrogens is 1. The number of carboxylic acid groups (broad SMARTS) is 1. The van der Waals surface area contributed by atoms with Crippen LogP contribution in [0.5, 0.6) is 11.6 Å². The third-order valence-electron chi connectivity index (χ3n) is 11.5. The molecule has 0 unspecified atom stereocenters. The van der Waals surface area contributed by atoms with Crippen molar-refractivity contribution in [3.8, 4) is 11.6 Å². The van der Waals surface area contributed by atoms with Gasteiger partial charge in [0.15, 0.2) is 0 Å². The Morgan fingerprint density at radius 3 is 2.62 bits per heavy atom. The molecule has 7 atom stereocenters. The standard InChI is InChI=1S/C37H47N5O9S/c1-21-9-4-5-10-23-19-37(23,34(45)41-52(48,49)36(3)14-15-36)40-31(43)28-18-24(20-42(28)33(44)29(22(2)17-21)39-35(46)47)51-32-26-12-7-6-11-25(26)30-27(38-32)13-8-16-50-30/h5-7,10-12,21-24,28-29,39H,4,8-9,13-20H2,1-3H3,(H,40,43)(H,41,45)(H,46,47)/t21-,22+,23+,24+,28-,29-,37+/m0/s1. The van der Waals surface area contributed by atoms with Gasteiger partial charge in [-0.2, -0.15) is 0 Å². The Morgan fingerprint density at radius 1 is 1.13 bits per heavy atom. The molecule has 1 aromatic carbocycles. The molecule has 2 aliphatic carbocycles. The Labute approximate surface area is 303 Å². The van der Waals surface area contributed by atoms with Crippen LogP contribution in [0.15, 0.2) is 36.4 Å². The van der Waals surface area contributed by atoms with Crippen molar-refractivity contribution >= 4 is 44.6 Å². The number of ether oxygens (including phenoxy) is 2. The molecule has 2 saturated carbocycles. The van der Waals surface area contributed by atoms with E-state index in [4.69, 9.17) is 14.5 Å². The van der Waals surface area contributed by atoms with Gasteiger partial charge in [-0.05, 0) is 76.2 Å². The number of nitrogens with zero attached hydrogens (tertiary/aromatic N) is 2. The van der Waals surface area contributed by atoms with Crippen LogP contribution < -0.4 is 24.8 Å². The van der Waals surface area contributed by atoms with Crippen LogP contribution in [0.25, 0.3) is 10.8 Å². The minimum atomic E-state index is -4.00. The van der Waals surface area contributed by atoms with Gasteiger partial charge in [0.05, 0.1) is 23.6 Å². The first-order chi connectivity index (χ1) is 24.7. The molecule has 5 aliphatic rings. The number of fused-ring (bicyclic) bond motifs is 5. The largest absolute Gasteiger partial charge is 0.491 e. The molecule has 0 spiro atoms. The third-order valence-corrected chi connectivity index (χ3v) is 13.7. The summed E-state index contributed by atoms with van der Waals surface area (Å²) in [6.07, 6.45) is 6.25. The number of allylic oxidation sites excluding steroid dienone is 1. The number of nitrogens with one attached hydrogen (secondary N) is 3. The summed E-state index contributed by atoms with van der Waals surface area (Å²) in [6, 6.07) is 5.27. The Morgan fingerprint density at radius 2 is 1.88 bits per heavy atom. The smallest absolute Gasteiger partial charge is 0.405 e. The molecule has 7 rings (SSSR count). The summed E-state index contributed by atoms with van der Waals surface area (Å²) in [7, 11) is -4.00. The van der Waals surface area contributed by atoms with Gasteiger partial charge >= 0.3 is 6.09 Å². The van der Waals surface area contributed by atoms with Crippen molar-refractivity contribution in [2.24, 2.45) is 17.8 Å². The van der Waals surface area contributed by atoms with E-state index in [1.807, 2.05) is 50.3 Å². The van der Waals surface area contributed by atoms with Crippen LogP contribution >= 0.6 is 0 Å². The van der Waals surface area contributed by atoms with Crippen molar-refractivity contribution in [3.05, 3.63) is 42.1 Å². The van der Waals surface area contributed by atoms with Crippen molar-refractivity contribution in [1.82, 2.24) is 25.2 Å². The maximum Gasteiger partial charge on any atom is 0.405 e. The van der Waals surface area contributed by atoms with Gasteiger partial charge < -0.3 is 30.1 Å². The molecule has 0 radical (unpaired) electrons. The van der Waals surface area contributed by atoms with Crippen LogP contribution in [0.2, 0.25) is 0 Å². The monoisotopic (exact) mass is 737 g/mol. The molecule has 2 aromatic rings. The third kappa shape index (κ3) is 6.79. The molecular formula is C37H47N5O9S. The van der Waals surface area contributed by atoms with Crippen LogP contribution in [-0.2, 0) is 30.8 Å². The Bertz CT molecular complexity index is 1930. The first kappa shape index (κ1) is 36.0. The lowest BCUT2D eigenvalue weighted by molar-refractivity contribution is -0.142. The van der Waals surface area contributed by atoms with Crippen molar-refractivity contribution in [2.45, 2.75) is 107 Å². The first-order valence-corrected chi connectivity index (χ1v) is 19.8. The second-order valence-electron chi connectivity index (χ2n) is 15.6. The average Bonchev–Trinajstić information content (AvgIpc) is 3.98. The number of aryl methyl sites for hydroxylation is 1. The summed E-state index contributed by atoms with van der Waals surface area (Å²) in [5.41, 5.74) is -0.778. The number of benzene rings is 1. The van der Waals surface area contributed by atoms with Crippen LogP contribution in [0.3, 0.4) is 0 Å². The lowest BCUT2D eigenvalue weighted by Gasteiger charge is -2.32. The van der Waals surface area contributed by atoms with Crippen LogP contribution in [0, 0.1) is 17.8 Å². The van der Waals surface area contributed by atoms with E-state index in [0.717, 1.165) is 23.9 Å². The minimum Gasteiger partial charge on any atom is -0.491 e. The zero-order valence-electron chi connectivity index (χ0n) is 29.7. The second-order valence-corrected chi connectivity index (χ2v) is 17.8. The normalized spacial score (nSPS) is 31.4. The Balaban J connectivity index is 1.23. The quantitative estimate of drug-likeness (QED) is 0.319. The first-order valence-electron chi connectivity index (χ1n) is 18.3. The van der Waals surface area contributed by atoms with Crippen molar-refractivity contribution in [2.75, 3.05) is 13.2 Å². The number of pyridine rings is 1. The second kappa shape index (κ2) is 13.5. The predicted molar refractivity (Wildman–Crippen MR) is 190 cm³/mol. The summed E-state index contributed by atoms with van der Waals surface area (Å²) in [4.78, 5) is 60.8. The summed E-state index contributed by atoms with van der Waals surface area (Å²) in [6.45, 7) is 5.98. The number of hydrogen-bond acceptors (Lipinski definition) is 9. The Hall–Kier alpha value is -4.40. The lowest BCUT2D eigenvalue weighted by Crippen LogP contribution is -2.59. The van der Waals surface area contributed by atoms with E-state index in [2.05, 4.69) is 15.4 Å². The highest BCUT2D eigenvalue weighted by Gasteiger charge is 2.63. The van der Waals surface area contributed by atoms with Gasteiger partial charge in [0, 0.05) is 23.1 Å². The van der Waals surface area contributed by atoms with Crippen molar-refractivity contribution in [1.29, 1.82) is 0 Å². The van der Waals surface area contributed by atoms with Crippen molar-refractivity contribution < 1.29 is 42.2 Å². The number of hydrogen-bond donors (Lipinski definition) is 4. The molecule has 52 heavy (non-hydrogen) atoms. The summed E-state index contributed by atoms with van der Waals surface area (Å²) in [5.74, 6) is -1.71. The molecule has 4 N–H and O–H groups in total. The SMILES string of the molecule is C[C@H]1CCC=C[C@@H]2C[C@@]2(C(=O)NS(=O)(=O)C2(C)CC2)NC(=O)[C@@H]2C[C@@H](Oc3nc4c(c5ccccc35)OCCC4)CN2C(=O)[C@@H](NC(=O)O)[C@H](C)C1. The van der Waals surface area contributed by atoms with E-state index in [-0.39, 0.29) is 25.3 Å². The molecule has 1 saturated heterocycles. The van der Waals surface area contributed by atoms with E-state index < -0.39 is 74.1 Å². The molecular weight excluding hydrogens is 691 g/mol. The zero-order valence-corrected chi connectivity index (χ0v) is 30.5. The molecule has 280 valence electrons. The van der Waals surface area contributed by atoms with Gasteiger partial charge in [-0.3, -0.25) is 19.1 Å². The maximum absolute atomic E-state index is 14.4. The van der Waals surface area contributed by atoms with Gasteiger partial charge in [0.25, 0.3) is 5.91 Å². The number of carbonyl (C=O) groups is 4. The predicted octanol–water partition coefficient (Wildman–Crippen LogP) is 3.43. The highest BCUT2D eigenvalue weighted by Crippen LogP contribution is 2.48. The van der Waals surface area contributed by atoms with Crippen LogP contribution in [-0.4, -0.2) is 88.8 Å². The van der Waals surface area contributed by atoms with Crippen molar-refractivity contribution in [3.63, 3.8) is 0 Å². The van der Waals surface area contributed by atoms with Gasteiger partial charge in [0.2, 0.25) is 27.7 Å². The molecule has 4 heterocycles. The molecule has 1 aromatic heterocycles. The van der Waals surface area contributed by atoms with Crippen LogP contribution in [0.4, 0.5) is 4.79 Å². The molecule has 15 heteroatoms. The summed E-state index contributed by atoms with van der Waals surface area (Å²) in [5, 5.41) is 16.6. The van der Waals surface area contributed by atoms with E-state index in [0.29, 0.717) is 55.7 Å². The number of amides is 4. The van der Waals surface area contributed by atoms with Gasteiger partial charge in [0.1, 0.15) is 29.5 Å². The fourth-order valence-corrected chi connectivity index (χ4v) is 9.29. The molecule has 14 nitrogen and oxygen atoms in total. The summed E-state index contributed by atoms with van der Waals surface area (Å²) < 4.78 is 40.0. The fraction of sp³-hybridized carbons (Fsp3) is 0.595. The Kier molecular flexibility index (Phi) is 9.37. The highest BCUT2D eigenvalue weighted by atomic mass is 32.2. The molecule has 0 bridgehead atoms. The average molecular weight is 738 g/mol. The van der Waals surface area contributed by atoms with E-state index >= 15 is 0 Å². The fourth-order valence-electron chi connectivity index (χ4n) is 7.98. The summed E-state index contributed by atoms with van der Waals surface area (Å²) >= 11 is 0. The number of sulfonamides is 1. The van der Waals surface area contributed by atoms with Gasteiger partial charge in [-0.25, -0.2) is 18.2 Å². The lowest BCUT2D eigenvalue weighted by atomic mass is 9.88. The topological polar surface area (TPSA) is 193 Å². The molecule has 3 fully saturated rings. The molecule has 4 amide bonds. The van der Waals surface area contributed by atoms with E-state index in [1.165, 1.54) is 4.90 Å². The van der Waals surface area contributed by atoms with Gasteiger partial charge in [-0.15, -0.1) is 0 Å². The molecule has 3 aliphatic heterocycles. The highest BCUT2D eigenvalue weighted by molar-refractivity contribution is 7.91. The van der Waals surface area contributed by atoms with Crippen LogP contribution in [0.1, 0.15) is 77.8 Å². The number of rotatable bonds is 6. The minimum absolute atomic E-state index is 0.0281. The number of carbonyl (C=O) groups excluding carboxylic acids is 3. The van der Waals surface area contributed by atoms with E-state index in [1.54, 1.807) is 6.92 Å². The van der Waals surface area contributed by atoms with E-state index in [9.17, 15) is 32.7 Å². The maximum atomic E-state index is 14.4. The zero-order chi connectivity index (χ0) is 37.0. The van der Waals surface area contributed by atoms with Gasteiger partial charge in [-0.1, -0.05) is 44.2 Å².